The van der Waals surface area contributed by atoms with Crippen molar-refractivity contribution < 1.29 is 4.79 Å². The Labute approximate surface area is 162 Å². The summed E-state index contributed by atoms with van der Waals surface area (Å²) in [5.74, 6) is -0.0206. The molecule has 0 radical (unpaired) electrons. The molecule has 0 aliphatic carbocycles. The Bertz CT molecular complexity index is 954. The van der Waals surface area contributed by atoms with Gasteiger partial charge in [0.2, 0.25) is 0 Å². The zero-order valence-electron chi connectivity index (χ0n) is 16.8. The van der Waals surface area contributed by atoms with Gasteiger partial charge in [-0.1, -0.05) is 60.2 Å². The molecule has 1 aromatic heterocycles. The van der Waals surface area contributed by atoms with Crippen molar-refractivity contribution in [3.63, 3.8) is 0 Å². The number of nitrogens with one attached hydrogen (secondary N) is 1. The van der Waals surface area contributed by atoms with E-state index < -0.39 is 0 Å². The summed E-state index contributed by atoms with van der Waals surface area (Å²) < 4.78 is 2.15. The molecule has 0 aliphatic rings. The molecule has 0 spiro atoms. The standard InChI is InChI=1S/C24H28N2O/c1-16-10-9-11-21(14-16)15-26-20(5)17(2)18(3)23(26)24(27)25-19(4)22-12-7-6-8-13-22/h6-14,19H,15H2,1-5H3,(H,25,27)/t19-/m0/s1. The third-order valence-corrected chi connectivity index (χ3v) is 5.42. The van der Waals surface area contributed by atoms with Gasteiger partial charge in [0.05, 0.1) is 6.04 Å². The van der Waals surface area contributed by atoms with Crippen LogP contribution >= 0.6 is 0 Å². The molecule has 0 aliphatic heterocycles. The average molecular weight is 361 g/mol. The second-order valence-corrected chi connectivity index (χ2v) is 7.37. The molecule has 0 bridgehead atoms. The predicted molar refractivity (Wildman–Crippen MR) is 111 cm³/mol. The minimum absolute atomic E-state index is 0.0206. The van der Waals surface area contributed by atoms with E-state index in [1.807, 2.05) is 44.2 Å². The molecule has 3 nitrogen and oxygen atoms in total. The Kier molecular flexibility index (Phi) is 5.50. The Morgan fingerprint density at radius 1 is 0.963 bits per heavy atom. The first-order chi connectivity index (χ1) is 12.9. The maximum absolute atomic E-state index is 13.2. The van der Waals surface area contributed by atoms with E-state index in [2.05, 4.69) is 54.9 Å². The first-order valence-corrected chi connectivity index (χ1v) is 9.46. The summed E-state index contributed by atoms with van der Waals surface area (Å²) in [4.78, 5) is 13.2. The molecule has 1 atom stereocenters. The van der Waals surface area contributed by atoms with E-state index >= 15 is 0 Å². The second kappa shape index (κ2) is 7.83. The van der Waals surface area contributed by atoms with E-state index in [9.17, 15) is 4.79 Å². The summed E-state index contributed by atoms with van der Waals surface area (Å²) in [6.45, 7) is 11.0. The van der Waals surface area contributed by atoms with Crippen molar-refractivity contribution in [2.24, 2.45) is 0 Å². The van der Waals surface area contributed by atoms with E-state index in [0.29, 0.717) is 6.54 Å². The summed E-state index contributed by atoms with van der Waals surface area (Å²) in [6, 6.07) is 18.5. The minimum atomic E-state index is -0.0407. The van der Waals surface area contributed by atoms with Crippen LogP contribution in [0, 0.1) is 27.7 Å². The fourth-order valence-electron chi connectivity index (χ4n) is 3.60. The topological polar surface area (TPSA) is 34.0 Å². The number of aromatic nitrogens is 1. The van der Waals surface area contributed by atoms with Crippen LogP contribution in [-0.2, 0) is 6.54 Å². The van der Waals surface area contributed by atoms with Crippen molar-refractivity contribution in [3.8, 4) is 0 Å². The van der Waals surface area contributed by atoms with Gasteiger partial charge in [-0.25, -0.2) is 0 Å². The fraction of sp³-hybridized carbons (Fsp3) is 0.292. The number of nitrogens with zero attached hydrogens (tertiary/aromatic N) is 1. The molecular weight excluding hydrogens is 332 g/mol. The number of hydrogen-bond donors (Lipinski definition) is 1. The molecule has 1 heterocycles. The first-order valence-electron chi connectivity index (χ1n) is 9.46. The second-order valence-electron chi connectivity index (χ2n) is 7.37. The van der Waals surface area contributed by atoms with Crippen LogP contribution in [0.3, 0.4) is 0 Å². The number of benzene rings is 2. The van der Waals surface area contributed by atoms with Gasteiger partial charge in [0, 0.05) is 12.2 Å². The van der Waals surface area contributed by atoms with E-state index in [0.717, 1.165) is 22.5 Å². The highest BCUT2D eigenvalue weighted by Crippen LogP contribution is 2.24. The van der Waals surface area contributed by atoms with Crippen molar-refractivity contribution in [3.05, 3.63) is 93.8 Å². The van der Waals surface area contributed by atoms with Crippen molar-refractivity contribution in [2.45, 2.75) is 47.2 Å². The number of rotatable bonds is 5. The van der Waals surface area contributed by atoms with Gasteiger partial charge >= 0.3 is 0 Å². The third kappa shape index (κ3) is 3.97. The normalized spacial score (nSPS) is 12.0. The SMILES string of the molecule is Cc1cccc(Cn2c(C)c(C)c(C)c2C(=O)N[C@@H](C)c2ccccc2)c1. The molecule has 0 saturated carbocycles. The lowest BCUT2D eigenvalue weighted by molar-refractivity contribution is 0.0930. The molecule has 0 unspecified atom stereocenters. The fourth-order valence-corrected chi connectivity index (χ4v) is 3.60. The van der Waals surface area contributed by atoms with E-state index in [1.54, 1.807) is 0 Å². The van der Waals surface area contributed by atoms with Gasteiger partial charge in [-0.05, 0) is 56.9 Å². The Hall–Kier alpha value is -2.81. The molecule has 3 heteroatoms. The highest BCUT2D eigenvalue weighted by molar-refractivity contribution is 5.95. The Morgan fingerprint density at radius 2 is 1.67 bits per heavy atom. The van der Waals surface area contributed by atoms with Gasteiger partial charge in [0.1, 0.15) is 5.69 Å². The predicted octanol–water partition coefficient (Wildman–Crippen LogP) is 5.26. The van der Waals surface area contributed by atoms with Gasteiger partial charge in [-0.3, -0.25) is 4.79 Å². The molecule has 2 aromatic carbocycles. The lowest BCUT2D eigenvalue weighted by Gasteiger charge is -2.17. The van der Waals surface area contributed by atoms with E-state index in [1.165, 1.54) is 16.7 Å². The number of aryl methyl sites for hydroxylation is 1. The Balaban J connectivity index is 1.92. The smallest absolute Gasteiger partial charge is 0.268 e. The lowest BCUT2D eigenvalue weighted by atomic mass is 10.1. The highest BCUT2D eigenvalue weighted by atomic mass is 16.2. The molecule has 3 rings (SSSR count). The average Bonchev–Trinajstić information content (AvgIpc) is 2.86. The number of amides is 1. The van der Waals surface area contributed by atoms with Crippen LogP contribution in [0.25, 0.3) is 0 Å². The van der Waals surface area contributed by atoms with Crippen molar-refractivity contribution in [2.75, 3.05) is 0 Å². The maximum atomic E-state index is 13.2. The van der Waals surface area contributed by atoms with Crippen LogP contribution in [0.1, 0.15) is 57.0 Å². The van der Waals surface area contributed by atoms with Crippen LogP contribution in [0.2, 0.25) is 0 Å². The third-order valence-electron chi connectivity index (χ3n) is 5.42. The maximum Gasteiger partial charge on any atom is 0.268 e. The van der Waals surface area contributed by atoms with E-state index in [-0.39, 0.29) is 11.9 Å². The lowest BCUT2D eigenvalue weighted by Crippen LogP contribution is -2.29. The van der Waals surface area contributed by atoms with Gasteiger partial charge in [-0.2, -0.15) is 0 Å². The molecule has 27 heavy (non-hydrogen) atoms. The van der Waals surface area contributed by atoms with E-state index in [4.69, 9.17) is 0 Å². The molecular formula is C24H28N2O. The van der Waals surface area contributed by atoms with Crippen molar-refractivity contribution in [1.82, 2.24) is 9.88 Å². The molecule has 3 aromatic rings. The number of carbonyl (C=O) groups excluding carboxylic acids is 1. The number of carbonyl (C=O) groups is 1. The molecule has 140 valence electrons. The Morgan fingerprint density at radius 3 is 2.33 bits per heavy atom. The van der Waals surface area contributed by atoms with Crippen molar-refractivity contribution >= 4 is 5.91 Å². The van der Waals surface area contributed by atoms with Crippen LogP contribution in [-0.4, -0.2) is 10.5 Å². The molecule has 0 fully saturated rings. The first kappa shape index (κ1) is 19.0. The largest absolute Gasteiger partial charge is 0.344 e. The van der Waals surface area contributed by atoms with Gasteiger partial charge < -0.3 is 9.88 Å². The summed E-state index contributed by atoms with van der Waals surface area (Å²) in [7, 11) is 0. The molecule has 0 saturated heterocycles. The number of hydrogen-bond acceptors (Lipinski definition) is 1. The zero-order valence-corrected chi connectivity index (χ0v) is 16.8. The highest BCUT2D eigenvalue weighted by Gasteiger charge is 2.22. The van der Waals surface area contributed by atoms with Crippen LogP contribution in [0.5, 0.6) is 0 Å². The van der Waals surface area contributed by atoms with Crippen LogP contribution in [0.4, 0.5) is 0 Å². The summed E-state index contributed by atoms with van der Waals surface area (Å²) in [5, 5.41) is 3.17. The monoisotopic (exact) mass is 360 g/mol. The molecule has 1 amide bonds. The summed E-state index contributed by atoms with van der Waals surface area (Å²) in [6.07, 6.45) is 0. The summed E-state index contributed by atoms with van der Waals surface area (Å²) >= 11 is 0. The molecule has 1 N–H and O–H groups in total. The summed E-state index contributed by atoms with van der Waals surface area (Å²) in [5.41, 5.74) is 7.68. The van der Waals surface area contributed by atoms with Crippen LogP contribution < -0.4 is 5.32 Å². The quantitative estimate of drug-likeness (QED) is 0.661. The minimum Gasteiger partial charge on any atom is -0.344 e. The van der Waals surface area contributed by atoms with Crippen molar-refractivity contribution in [1.29, 1.82) is 0 Å². The van der Waals surface area contributed by atoms with Gasteiger partial charge in [0.15, 0.2) is 0 Å². The van der Waals surface area contributed by atoms with Gasteiger partial charge in [-0.15, -0.1) is 0 Å². The van der Waals surface area contributed by atoms with Crippen LogP contribution in [0.15, 0.2) is 54.6 Å². The van der Waals surface area contributed by atoms with Gasteiger partial charge in [0.25, 0.3) is 5.91 Å². The zero-order chi connectivity index (χ0) is 19.6.